The zero-order chi connectivity index (χ0) is 16.4. The molecule has 4 nitrogen and oxygen atoms in total. The summed E-state index contributed by atoms with van der Waals surface area (Å²) < 4.78 is 27.7. The van der Waals surface area contributed by atoms with Crippen LogP contribution in [0, 0.1) is 25.7 Å². The Morgan fingerprint density at radius 1 is 1.00 bits per heavy atom. The van der Waals surface area contributed by atoms with E-state index in [1.54, 1.807) is 30.3 Å². The minimum absolute atomic E-state index is 0.285. The summed E-state index contributed by atoms with van der Waals surface area (Å²) in [4.78, 5) is 0.401. The van der Waals surface area contributed by atoms with Crippen molar-refractivity contribution in [2.45, 2.75) is 46.4 Å². The molecule has 0 unspecified atom stereocenters. The fourth-order valence-corrected chi connectivity index (χ4v) is 4.78. The number of nitrogens with two attached hydrogens (primary N) is 1. The Morgan fingerprint density at radius 3 is 1.71 bits per heavy atom. The molecule has 21 heavy (non-hydrogen) atoms. The molecule has 0 aliphatic carbocycles. The number of nitrogens with zero attached hydrogens (tertiary/aromatic N) is 1. The molecule has 0 aromatic heterocycles. The average Bonchev–Trinajstić information content (AvgIpc) is 2.24. The molecule has 0 radical (unpaired) electrons. The highest BCUT2D eigenvalue weighted by Crippen LogP contribution is 2.27. The summed E-state index contributed by atoms with van der Waals surface area (Å²) in [6.45, 7) is 12.8. The molecule has 1 aromatic rings. The minimum atomic E-state index is -3.49. The van der Waals surface area contributed by atoms with Crippen LogP contribution in [0.2, 0.25) is 0 Å². The largest absolute Gasteiger partial charge is 0.399 e. The minimum Gasteiger partial charge on any atom is -0.399 e. The molecule has 0 aliphatic heterocycles. The van der Waals surface area contributed by atoms with Gasteiger partial charge in [-0.05, 0) is 48.9 Å². The Morgan fingerprint density at radius 2 is 1.38 bits per heavy atom. The molecule has 0 fully saturated rings. The van der Waals surface area contributed by atoms with Gasteiger partial charge in [-0.3, -0.25) is 0 Å². The number of aryl methyl sites for hydroxylation is 2. The van der Waals surface area contributed by atoms with Crippen molar-refractivity contribution < 1.29 is 8.42 Å². The molecule has 1 rings (SSSR count). The van der Waals surface area contributed by atoms with Crippen molar-refractivity contribution in [2.75, 3.05) is 18.8 Å². The molecule has 0 spiro atoms. The van der Waals surface area contributed by atoms with E-state index in [1.807, 2.05) is 27.7 Å². The van der Waals surface area contributed by atoms with E-state index in [0.29, 0.717) is 34.8 Å². The van der Waals surface area contributed by atoms with E-state index in [-0.39, 0.29) is 11.8 Å². The van der Waals surface area contributed by atoms with E-state index in [9.17, 15) is 8.42 Å². The summed E-state index contributed by atoms with van der Waals surface area (Å²) in [7, 11) is -3.49. The molecule has 0 heterocycles. The molecule has 0 amide bonds. The van der Waals surface area contributed by atoms with Gasteiger partial charge in [0.05, 0.1) is 4.90 Å². The molecule has 0 bridgehead atoms. The molecule has 5 heteroatoms. The fraction of sp³-hybridized carbons (Fsp3) is 0.625. The highest BCUT2D eigenvalue weighted by molar-refractivity contribution is 7.89. The number of nitrogen functional groups attached to an aromatic ring is 1. The summed E-state index contributed by atoms with van der Waals surface area (Å²) in [5, 5.41) is 0. The van der Waals surface area contributed by atoms with Crippen molar-refractivity contribution in [3.63, 3.8) is 0 Å². The topological polar surface area (TPSA) is 63.4 Å². The monoisotopic (exact) mass is 312 g/mol. The van der Waals surface area contributed by atoms with Gasteiger partial charge in [0.25, 0.3) is 0 Å². The number of sulfonamides is 1. The predicted molar refractivity (Wildman–Crippen MR) is 88.8 cm³/mol. The van der Waals surface area contributed by atoms with Gasteiger partial charge >= 0.3 is 0 Å². The third-order valence-electron chi connectivity index (χ3n) is 3.22. The van der Waals surface area contributed by atoms with Crippen LogP contribution in [-0.4, -0.2) is 25.8 Å². The van der Waals surface area contributed by atoms with Crippen molar-refractivity contribution in [3.8, 4) is 0 Å². The van der Waals surface area contributed by atoms with Gasteiger partial charge in [0.2, 0.25) is 10.0 Å². The smallest absolute Gasteiger partial charge is 0.243 e. The Kier molecular flexibility index (Phi) is 5.82. The number of anilines is 1. The first-order valence-corrected chi connectivity index (χ1v) is 8.86. The third kappa shape index (κ3) is 4.45. The second kappa shape index (κ2) is 6.79. The second-order valence-electron chi connectivity index (χ2n) is 6.59. The first-order valence-electron chi connectivity index (χ1n) is 7.42. The molecule has 0 aliphatic rings. The summed E-state index contributed by atoms with van der Waals surface area (Å²) in [6, 6.07) is 3.45. The van der Waals surface area contributed by atoms with Gasteiger partial charge in [-0.15, -0.1) is 0 Å². The van der Waals surface area contributed by atoms with E-state index in [1.165, 1.54) is 0 Å². The molecule has 0 atom stereocenters. The van der Waals surface area contributed by atoms with E-state index in [4.69, 9.17) is 5.73 Å². The van der Waals surface area contributed by atoms with Crippen molar-refractivity contribution in [2.24, 2.45) is 11.8 Å². The summed E-state index contributed by atoms with van der Waals surface area (Å²) in [5.41, 5.74) is 7.83. The van der Waals surface area contributed by atoms with Crippen molar-refractivity contribution in [1.82, 2.24) is 4.31 Å². The molecular formula is C16H28N2O2S. The Balaban J connectivity index is 3.35. The van der Waals surface area contributed by atoms with Crippen LogP contribution in [-0.2, 0) is 10.0 Å². The first kappa shape index (κ1) is 18.0. The average molecular weight is 312 g/mol. The van der Waals surface area contributed by atoms with Gasteiger partial charge in [0.1, 0.15) is 0 Å². The number of rotatable bonds is 6. The van der Waals surface area contributed by atoms with Gasteiger partial charge < -0.3 is 5.73 Å². The SMILES string of the molecule is Cc1cc(N)cc(C)c1S(=O)(=O)N(CC(C)C)CC(C)C. The summed E-state index contributed by atoms with van der Waals surface area (Å²) in [5.74, 6) is 0.570. The number of benzene rings is 1. The number of hydrogen-bond acceptors (Lipinski definition) is 3. The van der Waals surface area contributed by atoms with Gasteiger partial charge in [-0.25, -0.2) is 8.42 Å². The van der Waals surface area contributed by atoms with E-state index >= 15 is 0 Å². The van der Waals surface area contributed by atoms with Crippen LogP contribution in [0.4, 0.5) is 5.69 Å². The zero-order valence-corrected chi connectivity index (χ0v) is 14.8. The second-order valence-corrected chi connectivity index (χ2v) is 8.47. The van der Waals surface area contributed by atoms with Crippen LogP contribution in [0.3, 0.4) is 0 Å². The lowest BCUT2D eigenvalue weighted by atomic mass is 10.1. The third-order valence-corrected chi connectivity index (χ3v) is 5.36. The lowest BCUT2D eigenvalue weighted by Crippen LogP contribution is -2.37. The maximum Gasteiger partial charge on any atom is 0.243 e. The maximum absolute atomic E-state index is 13.0. The van der Waals surface area contributed by atoms with Crippen LogP contribution in [0.5, 0.6) is 0 Å². The lowest BCUT2D eigenvalue weighted by molar-refractivity contribution is 0.333. The lowest BCUT2D eigenvalue weighted by Gasteiger charge is -2.27. The predicted octanol–water partition coefficient (Wildman–Crippen LogP) is 3.19. The highest BCUT2D eigenvalue weighted by Gasteiger charge is 2.28. The fourth-order valence-electron chi connectivity index (χ4n) is 2.61. The standard InChI is InChI=1S/C16H28N2O2S/c1-11(2)9-18(10-12(3)4)21(19,20)16-13(5)7-15(17)8-14(16)6/h7-8,11-12H,9-10,17H2,1-6H3. The van der Waals surface area contributed by atoms with Gasteiger partial charge in [-0.2, -0.15) is 4.31 Å². The Bertz CT molecular complexity index is 559. The Labute approximate surface area is 129 Å². The molecule has 0 saturated carbocycles. The van der Waals surface area contributed by atoms with Crippen molar-refractivity contribution in [1.29, 1.82) is 0 Å². The van der Waals surface area contributed by atoms with Crippen molar-refractivity contribution >= 4 is 15.7 Å². The van der Waals surface area contributed by atoms with Gasteiger partial charge in [0.15, 0.2) is 0 Å². The normalized spacial score (nSPS) is 12.6. The first-order chi connectivity index (χ1) is 9.55. The van der Waals surface area contributed by atoms with Crippen LogP contribution < -0.4 is 5.73 Å². The van der Waals surface area contributed by atoms with Crippen LogP contribution in [0.1, 0.15) is 38.8 Å². The molecule has 1 aromatic carbocycles. The van der Waals surface area contributed by atoms with Crippen molar-refractivity contribution in [3.05, 3.63) is 23.3 Å². The zero-order valence-electron chi connectivity index (χ0n) is 14.0. The molecule has 2 N–H and O–H groups in total. The molecule has 0 saturated heterocycles. The molecular weight excluding hydrogens is 284 g/mol. The highest BCUT2D eigenvalue weighted by atomic mass is 32.2. The van der Waals surface area contributed by atoms with Crippen LogP contribution in [0.25, 0.3) is 0 Å². The van der Waals surface area contributed by atoms with Gasteiger partial charge in [0, 0.05) is 18.8 Å². The van der Waals surface area contributed by atoms with E-state index < -0.39 is 10.0 Å². The summed E-state index contributed by atoms with van der Waals surface area (Å²) in [6.07, 6.45) is 0. The maximum atomic E-state index is 13.0. The summed E-state index contributed by atoms with van der Waals surface area (Å²) >= 11 is 0. The van der Waals surface area contributed by atoms with Crippen LogP contribution >= 0.6 is 0 Å². The quantitative estimate of drug-likeness (QED) is 0.821. The van der Waals surface area contributed by atoms with E-state index in [0.717, 1.165) is 0 Å². The number of hydrogen-bond donors (Lipinski definition) is 1. The molecule has 120 valence electrons. The van der Waals surface area contributed by atoms with Crippen LogP contribution in [0.15, 0.2) is 17.0 Å². The Hall–Kier alpha value is -1.07. The van der Waals surface area contributed by atoms with Gasteiger partial charge in [-0.1, -0.05) is 27.7 Å². The van der Waals surface area contributed by atoms with E-state index in [2.05, 4.69) is 0 Å².